The van der Waals surface area contributed by atoms with Crippen LogP contribution in [0.5, 0.6) is 5.88 Å². The van der Waals surface area contributed by atoms with Crippen molar-refractivity contribution in [3.63, 3.8) is 0 Å². The van der Waals surface area contributed by atoms with Gasteiger partial charge >= 0.3 is 6.18 Å². The highest BCUT2D eigenvalue weighted by molar-refractivity contribution is 5.79. The fourth-order valence-corrected chi connectivity index (χ4v) is 3.52. The summed E-state index contributed by atoms with van der Waals surface area (Å²) in [5.74, 6) is -1.21. The minimum absolute atomic E-state index is 0.0444. The molecular weight excluding hydrogens is 323 g/mol. The van der Waals surface area contributed by atoms with Crippen LogP contribution in [-0.2, 0) is 17.8 Å². The predicted molar refractivity (Wildman–Crippen MR) is 79.2 cm³/mol. The first kappa shape index (κ1) is 17.0. The summed E-state index contributed by atoms with van der Waals surface area (Å²) in [6.45, 7) is 0.950. The predicted octanol–water partition coefficient (Wildman–Crippen LogP) is 2.74. The van der Waals surface area contributed by atoms with Gasteiger partial charge in [0.1, 0.15) is 0 Å². The van der Waals surface area contributed by atoms with Gasteiger partial charge in [-0.15, -0.1) is 5.10 Å². The molecule has 3 rings (SSSR count). The van der Waals surface area contributed by atoms with Crippen LogP contribution in [0.3, 0.4) is 0 Å². The topological polar surface area (TPSA) is 55.3 Å². The molecule has 1 fully saturated rings. The molecule has 24 heavy (non-hydrogen) atoms. The highest BCUT2D eigenvalue weighted by Crippen LogP contribution is 2.40. The summed E-state index contributed by atoms with van der Waals surface area (Å²) in [6, 6.07) is 1.77. The standard InChI is InChI=1S/C16H20F3N3O2/c1-24-14-8-11-9-22(7-6-13(11)20-21-14)15(23)10-2-4-12(5-3-10)16(17,18)19/h8,10,12H,2-7,9H2,1H3. The molecule has 0 spiro atoms. The average Bonchev–Trinajstić information content (AvgIpc) is 2.59. The number of methoxy groups -OCH3 is 1. The summed E-state index contributed by atoms with van der Waals surface area (Å²) < 4.78 is 43.3. The summed E-state index contributed by atoms with van der Waals surface area (Å²) in [5, 5.41) is 8.01. The number of carbonyl (C=O) groups excluding carboxylic acids is 1. The Morgan fingerprint density at radius 1 is 1.25 bits per heavy atom. The second kappa shape index (κ2) is 6.57. The minimum Gasteiger partial charge on any atom is -0.480 e. The second-order valence-corrected chi connectivity index (χ2v) is 6.46. The number of ether oxygens (including phenoxy) is 1. The summed E-state index contributed by atoms with van der Waals surface area (Å²) in [7, 11) is 1.50. The lowest BCUT2D eigenvalue weighted by molar-refractivity contribution is -0.185. The molecule has 0 N–H and O–H groups in total. The molecule has 0 saturated heterocycles. The largest absolute Gasteiger partial charge is 0.480 e. The van der Waals surface area contributed by atoms with Crippen LogP contribution in [0.2, 0.25) is 0 Å². The summed E-state index contributed by atoms with van der Waals surface area (Å²) in [6.07, 6.45) is -2.83. The number of halogens is 3. The maximum absolute atomic E-state index is 12.7. The van der Waals surface area contributed by atoms with Crippen LogP contribution < -0.4 is 4.74 Å². The minimum atomic E-state index is -4.15. The van der Waals surface area contributed by atoms with Gasteiger partial charge in [0, 0.05) is 37.1 Å². The van der Waals surface area contributed by atoms with E-state index in [4.69, 9.17) is 4.74 Å². The van der Waals surface area contributed by atoms with Crippen molar-refractivity contribution < 1.29 is 22.7 Å². The molecule has 0 atom stereocenters. The van der Waals surface area contributed by atoms with Crippen molar-refractivity contribution in [3.8, 4) is 5.88 Å². The van der Waals surface area contributed by atoms with Crippen molar-refractivity contribution in [1.82, 2.24) is 15.1 Å². The number of carbonyl (C=O) groups is 1. The zero-order valence-corrected chi connectivity index (χ0v) is 13.5. The molecule has 8 heteroatoms. The zero-order valence-electron chi connectivity index (χ0n) is 13.5. The van der Waals surface area contributed by atoms with Gasteiger partial charge in [-0.25, -0.2) is 0 Å². The SMILES string of the molecule is COc1cc2c(nn1)CCN(C(=O)C1CCC(C(F)(F)F)CC1)C2. The molecule has 132 valence electrons. The number of aromatic nitrogens is 2. The van der Waals surface area contributed by atoms with E-state index in [0.29, 0.717) is 38.2 Å². The highest BCUT2D eigenvalue weighted by Gasteiger charge is 2.43. The first-order valence-corrected chi connectivity index (χ1v) is 8.13. The Kier molecular flexibility index (Phi) is 4.64. The maximum atomic E-state index is 12.7. The van der Waals surface area contributed by atoms with Crippen LogP contribution in [0, 0.1) is 11.8 Å². The van der Waals surface area contributed by atoms with Gasteiger partial charge in [-0.2, -0.15) is 18.3 Å². The first-order valence-electron chi connectivity index (χ1n) is 8.13. The maximum Gasteiger partial charge on any atom is 0.391 e. The van der Waals surface area contributed by atoms with Gasteiger partial charge in [0.25, 0.3) is 0 Å². The normalized spacial score (nSPS) is 24.4. The van der Waals surface area contributed by atoms with Crippen molar-refractivity contribution in [1.29, 1.82) is 0 Å². The number of rotatable bonds is 2. The zero-order chi connectivity index (χ0) is 17.3. The van der Waals surface area contributed by atoms with Crippen molar-refractivity contribution in [3.05, 3.63) is 17.3 Å². The van der Waals surface area contributed by atoms with Gasteiger partial charge in [-0.05, 0) is 25.7 Å². The average molecular weight is 343 g/mol. The Morgan fingerprint density at radius 3 is 2.58 bits per heavy atom. The molecule has 0 aromatic carbocycles. The Hall–Kier alpha value is -1.86. The quantitative estimate of drug-likeness (QED) is 0.829. The van der Waals surface area contributed by atoms with E-state index in [1.807, 2.05) is 0 Å². The Morgan fingerprint density at radius 2 is 1.96 bits per heavy atom. The Labute approximate surface area is 138 Å². The third kappa shape index (κ3) is 3.47. The van der Waals surface area contributed by atoms with Gasteiger partial charge in [-0.1, -0.05) is 0 Å². The molecule has 1 amide bonds. The number of hydrogen-bond acceptors (Lipinski definition) is 4. The molecule has 0 unspecified atom stereocenters. The molecule has 0 radical (unpaired) electrons. The Bertz CT molecular complexity index is 613. The van der Waals surface area contributed by atoms with E-state index >= 15 is 0 Å². The molecule has 2 heterocycles. The van der Waals surface area contributed by atoms with Gasteiger partial charge in [0.15, 0.2) is 0 Å². The second-order valence-electron chi connectivity index (χ2n) is 6.46. The van der Waals surface area contributed by atoms with E-state index < -0.39 is 12.1 Å². The van der Waals surface area contributed by atoms with Gasteiger partial charge in [0.2, 0.25) is 11.8 Å². The highest BCUT2D eigenvalue weighted by atomic mass is 19.4. The monoisotopic (exact) mass is 343 g/mol. The van der Waals surface area contributed by atoms with E-state index in [9.17, 15) is 18.0 Å². The van der Waals surface area contributed by atoms with Crippen molar-refractivity contribution in [2.75, 3.05) is 13.7 Å². The third-order valence-corrected chi connectivity index (χ3v) is 4.98. The summed E-state index contributed by atoms with van der Waals surface area (Å²) in [5.41, 5.74) is 1.74. The van der Waals surface area contributed by atoms with Crippen molar-refractivity contribution >= 4 is 5.91 Å². The molecule has 2 aliphatic rings. The number of alkyl halides is 3. The number of nitrogens with zero attached hydrogens (tertiary/aromatic N) is 3. The van der Waals surface area contributed by atoms with Crippen LogP contribution in [0.1, 0.15) is 36.9 Å². The van der Waals surface area contributed by atoms with Gasteiger partial charge < -0.3 is 9.64 Å². The number of fused-ring (bicyclic) bond motifs is 1. The van der Waals surface area contributed by atoms with Crippen molar-refractivity contribution in [2.45, 2.75) is 44.8 Å². The molecule has 1 aliphatic carbocycles. The molecule has 5 nitrogen and oxygen atoms in total. The first-order chi connectivity index (χ1) is 11.4. The van der Waals surface area contributed by atoms with Crippen LogP contribution in [-0.4, -0.2) is 40.8 Å². The molecule has 1 saturated carbocycles. The van der Waals surface area contributed by atoms with E-state index in [1.165, 1.54) is 7.11 Å². The van der Waals surface area contributed by atoms with Crippen molar-refractivity contribution in [2.24, 2.45) is 11.8 Å². The fourth-order valence-electron chi connectivity index (χ4n) is 3.52. The lowest BCUT2D eigenvalue weighted by Gasteiger charge is -2.34. The summed E-state index contributed by atoms with van der Waals surface area (Å²) >= 11 is 0. The molecule has 1 aliphatic heterocycles. The lowest BCUT2D eigenvalue weighted by atomic mass is 9.81. The third-order valence-electron chi connectivity index (χ3n) is 4.98. The van der Waals surface area contributed by atoms with E-state index in [0.717, 1.165) is 11.3 Å². The summed E-state index contributed by atoms with van der Waals surface area (Å²) in [4.78, 5) is 14.4. The smallest absolute Gasteiger partial charge is 0.391 e. The van der Waals surface area contributed by atoms with Crippen LogP contribution in [0.4, 0.5) is 13.2 Å². The van der Waals surface area contributed by atoms with Crippen LogP contribution in [0.15, 0.2) is 6.07 Å². The van der Waals surface area contributed by atoms with E-state index in [-0.39, 0.29) is 24.7 Å². The van der Waals surface area contributed by atoms with E-state index in [2.05, 4.69) is 10.2 Å². The van der Waals surface area contributed by atoms with E-state index in [1.54, 1.807) is 11.0 Å². The van der Waals surface area contributed by atoms with Gasteiger partial charge in [0.05, 0.1) is 18.7 Å². The van der Waals surface area contributed by atoms with Crippen LogP contribution in [0.25, 0.3) is 0 Å². The molecule has 1 aromatic heterocycles. The number of amides is 1. The van der Waals surface area contributed by atoms with Crippen LogP contribution >= 0.6 is 0 Å². The molecule has 0 bridgehead atoms. The number of hydrogen-bond donors (Lipinski definition) is 0. The lowest BCUT2D eigenvalue weighted by Crippen LogP contribution is -2.42. The fraction of sp³-hybridized carbons (Fsp3) is 0.688. The Balaban J connectivity index is 1.62. The molecular formula is C16H20F3N3O2. The molecule has 1 aromatic rings. The van der Waals surface area contributed by atoms with Gasteiger partial charge in [-0.3, -0.25) is 4.79 Å².